The molecule has 2 aliphatic heterocycles. The van der Waals surface area contributed by atoms with Gasteiger partial charge in [-0.1, -0.05) is 18.2 Å². The van der Waals surface area contributed by atoms with Gasteiger partial charge in [-0.25, -0.2) is 0 Å². The van der Waals surface area contributed by atoms with Gasteiger partial charge in [0, 0.05) is 38.4 Å². The van der Waals surface area contributed by atoms with Crippen molar-refractivity contribution < 1.29 is 43.5 Å². The first-order chi connectivity index (χ1) is 20.1. The van der Waals surface area contributed by atoms with Crippen LogP contribution >= 0.6 is 0 Å². The van der Waals surface area contributed by atoms with Gasteiger partial charge in [0.1, 0.15) is 0 Å². The third-order valence-corrected chi connectivity index (χ3v) is 6.68. The first-order valence-electron chi connectivity index (χ1n) is 13.3. The van der Waals surface area contributed by atoms with Crippen LogP contribution in [0.4, 0.5) is 0 Å². The second-order valence-electron chi connectivity index (χ2n) is 10.0. The van der Waals surface area contributed by atoms with Crippen LogP contribution in [0.5, 0.6) is 34.5 Å². The largest absolute Gasteiger partial charge is 0.504 e. The van der Waals surface area contributed by atoms with Crippen molar-refractivity contribution in [3.05, 3.63) is 71.3 Å². The van der Waals surface area contributed by atoms with Crippen LogP contribution < -0.4 is 34.9 Å². The molecule has 0 saturated carbocycles. The lowest BCUT2D eigenvalue weighted by Gasteiger charge is -2.37. The summed E-state index contributed by atoms with van der Waals surface area (Å²) in [5.41, 5.74) is 1.99. The molecule has 220 valence electrons. The summed E-state index contributed by atoms with van der Waals surface area (Å²) in [5, 5.41) is 28.1. The van der Waals surface area contributed by atoms with Crippen molar-refractivity contribution in [1.29, 1.82) is 0 Å². The van der Waals surface area contributed by atoms with Gasteiger partial charge < -0.3 is 45.1 Å². The summed E-state index contributed by atoms with van der Waals surface area (Å²) < 4.78 is 24.8. The van der Waals surface area contributed by atoms with E-state index in [-0.39, 0.29) is 29.2 Å². The molecule has 0 bridgehead atoms. The zero-order valence-electron chi connectivity index (χ0n) is 23.2. The first-order valence-corrected chi connectivity index (χ1v) is 13.3. The van der Waals surface area contributed by atoms with Crippen molar-refractivity contribution >= 4 is 17.7 Å². The van der Waals surface area contributed by atoms with Gasteiger partial charge in [-0.05, 0) is 48.4 Å². The number of nitrogens with one attached hydrogen (secondary N) is 3. The Morgan fingerprint density at radius 3 is 1.83 bits per heavy atom. The third-order valence-electron chi connectivity index (χ3n) is 6.68. The first kappa shape index (κ1) is 28.4. The Morgan fingerprint density at radius 2 is 1.19 bits per heavy atom. The molecule has 5 rings (SSSR count). The van der Waals surface area contributed by atoms with Crippen LogP contribution in [0.15, 0.2) is 54.6 Å². The third kappa shape index (κ3) is 6.27. The lowest BCUT2D eigenvalue weighted by molar-refractivity contribution is -0.125. The van der Waals surface area contributed by atoms with Crippen molar-refractivity contribution in [2.24, 2.45) is 0 Å². The molecule has 0 unspecified atom stereocenters. The van der Waals surface area contributed by atoms with Gasteiger partial charge in [-0.2, -0.15) is 0 Å². The summed E-state index contributed by atoms with van der Waals surface area (Å²) in [5.74, 6) is 0.189. The van der Waals surface area contributed by atoms with Crippen LogP contribution in [0, 0.1) is 0 Å². The lowest BCUT2D eigenvalue weighted by atomic mass is 10.0. The molecular weight excluding hydrogens is 546 g/mol. The molecule has 0 aromatic heterocycles. The van der Waals surface area contributed by atoms with E-state index in [1.165, 1.54) is 32.9 Å². The molecule has 12 heteroatoms. The summed E-state index contributed by atoms with van der Waals surface area (Å²) in [6.07, 6.45) is -2.83. The Balaban J connectivity index is 1.43. The molecule has 3 aromatic carbocycles. The number of phenolic OH excluding ortho intramolecular Hbond substituents is 2. The lowest BCUT2D eigenvalue weighted by Crippen LogP contribution is -2.47. The van der Waals surface area contributed by atoms with E-state index in [0.717, 1.165) is 5.56 Å². The number of phenols is 2. The van der Waals surface area contributed by atoms with Gasteiger partial charge in [-0.3, -0.25) is 14.4 Å². The molecule has 0 radical (unpaired) electrons. The molecule has 2 aliphatic rings. The van der Waals surface area contributed by atoms with Gasteiger partial charge >= 0.3 is 0 Å². The standard InChI is InChI=1S/C30H31N3O9/c1-15(34)31-11-10-18-4-8-23-25(12-18)42-30(33-17(3)36)28(39-23)20-6-9-24-26(14-20)40-27(29(41-24)32-16(2)35)19-5-7-21(37)22(38)13-19/h4-9,12-14,27-30,37-38H,10-11H2,1-3H3,(H,31,34)(H,32,35)(H,33,36)/t27-,28+,29+,30-/m1/s1. The number of hydrogen-bond acceptors (Lipinski definition) is 9. The van der Waals surface area contributed by atoms with Crippen LogP contribution in [0.25, 0.3) is 0 Å². The number of benzene rings is 3. The number of aromatic hydroxyl groups is 2. The number of rotatable bonds is 7. The molecule has 3 aromatic rings. The van der Waals surface area contributed by atoms with Crippen molar-refractivity contribution in [2.45, 2.75) is 51.9 Å². The quantitative estimate of drug-likeness (QED) is 0.266. The van der Waals surface area contributed by atoms with E-state index in [1.54, 1.807) is 30.3 Å². The molecular formula is C30H31N3O9. The highest BCUT2D eigenvalue weighted by Gasteiger charge is 2.38. The minimum Gasteiger partial charge on any atom is -0.504 e. The topological polar surface area (TPSA) is 165 Å². The fraction of sp³-hybridized carbons (Fsp3) is 0.300. The zero-order chi connectivity index (χ0) is 30.0. The Hall–Kier alpha value is -5.13. The summed E-state index contributed by atoms with van der Waals surface area (Å²) in [6.45, 7) is 4.65. The average molecular weight is 578 g/mol. The van der Waals surface area contributed by atoms with Gasteiger partial charge in [0.2, 0.25) is 30.2 Å². The molecule has 5 N–H and O–H groups in total. The van der Waals surface area contributed by atoms with E-state index in [1.807, 2.05) is 12.1 Å². The molecule has 42 heavy (non-hydrogen) atoms. The smallest absolute Gasteiger partial charge is 0.219 e. The van der Waals surface area contributed by atoms with Crippen LogP contribution in [-0.2, 0) is 20.8 Å². The fourth-order valence-electron chi connectivity index (χ4n) is 4.78. The molecule has 0 saturated heterocycles. The van der Waals surface area contributed by atoms with Gasteiger partial charge in [-0.15, -0.1) is 0 Å². The normalized spacial score (nSPS) is 20.3. The van der Waals surface area contributed by atoms with Crippen molar-refractivity contribution in [3.8, 4) is 34.5 Å². The predicted octanol–water partition coefficient (Wildman–Crippen LogP) is 2.73. The molecule has 3 amide bonds. The summed E-state index contributed by atoms with van der Waals surface area (Å²) in [7, 11) is 0. The maximum atomic E-state index is 12.1. The maximum absolute atomic E-state index is 12.1. The van der Waals surface area contributed by atoms with Crippen molar-refractivity contribution in [1.82, 2.24) is 16.0 Å². The highest BCUT2D eigenvalue weighted by Crippen LogP contribution is 2.44. The van der Waals surface area contributed by atoms with Gasteiger partial charge in [0.25, 0.3) is 0 Å². The van der Waals surface area contributed by atoms with Crippen LogP contribution in [0.1, 0.15) is 49.7 Å². The number of carbonyl (C=O) groups excluding carboxylic acids is 3. The van der Waals surface area contributed by atoms with E-state index in [0.29, 0.717) is 47.1 Å². The van der Waals surface area contributed by atoms with Crippen molar-refractivity contribution in [3.63, 3.8) is 0 Å². The number of amides is 3. The van der Waals surface area contributed by atoms with E-state index in [4.69, 9.17) is 18.9 Å². The number of hydrogen-bond donors (Lipinski definition) is 5. The second kappa shape index (κ2) is 11.8. The summed E-state index contributed by atoms with van der Waals surface area (Å²) in [4.78, 5) is 35.2. The van der Waals surface area contributed by atoms with E-state index in [9.17, 15) is 24.6 Å². The molecule has 12 nitrogen and oxygen atoms in total. The van der Waals surface area contributed by atoms with Crippen molar-refractivity contribution in [2.75, 3.05) is 6.54 Å². The summed E-state index contributed by atoms with van der Waals surface area (Å²) >= 11 is 0. The SMILES string of the molecule is CC(=O)NCCc1ccc2c(c1)O[C@@H](NC(C)=O)[C@H](c1ccc3c(c1)O[C@H](c1ccc(O)c(O)c1)[C@@H](NC(C)=O)O3)O2. The van der Waals surface area contributed by atoms with E-state index in [2.05, 4.69) is 16.0 Å². The monoisotopic (exact) mass is 577 g/mol. The summed E-state index contributed by atoms with van der Waals surface area (Å²) in [6, 6.07) is 14.8. The molecule has 0 fully saturated rings. The molecule has 4 atom stereocenters. The van der Waals surface area contributed by atoms with Gasteiger partial charge in [0.05, 0.1) is 0 Å². The Kier molecular flexibility index (Phi) is 7.96. The van der Waals surface area contributed by atoms with Crippen LogP contribution in [0.2, 0.25) is 0 Å². The molecule has 0 aliphatic carbocycles. The zero-order valence-corrected chi connectivity index (χ0v) is 23.2. The maximum Gasteiger partial charge on any atom is 0.219 e. The Bertz CT molecular complexity index is 1530. The molecule has 2 heterocycles. The van der Waals surface area contributed by atoms with Crippen LogP contribution in [-0.4, -0.2) is 46.9 Å². The predicted molar refractivity (Wildman–Crippen MR) is 148 cm³/mol. The minimum atomic E-state index is -0.919. The fourth-order valence-corrected chi connectivity index (χ4v) is 4.78. The van der Waals surface area contributed by atoms with Gasteiger partial charge in [0.15, 0.2) is 46.7 Å². The molecule has 0 spiro atoms. The number of ether oxygens (including phenoxy) is 4. The Labute approximate surface area is 241 Å². The second-order valence-corrected chi connectivity index (χ2v) is 10.0. The van der Waals surface area contributed by atoms with E-state index < -0.39 is 24.7 Å². The number of fused-ring (bicyclic) bond motifs is 2. The Morgan fingerprint density at radius 1 is 0.643 bits per heavy atom. The number of carbonyl (C=O) groups is 3. The minimum absolute atomic E-state index is 0.112. The highest BCUT2D eigenvalue weighted by atomic mass is 16.6. The average Bonchev–Trinajstić information content (AvgIpc) is 2.93. The highest BCUT2D eigenvalue weighted by molar-refractivity contribution is 5.74. The van der Waals surface area contributed by atoms with E-state index >= 15 is 0 Å². The van der Waals surface area contributed by atoms with Crippen LogP contribution in [0.3, 0.4) is 0 Å².